The molecule has 1 aromatic heterocycles. The molecule has 0 spiro atoms. The van der Waals surface area contributed by atoms with E-state index in [9.17, 15) is 14.4 Å². The van der Waals surface area contributed by atoms with Gasteiger partial charge in [-0.25, -0.2) is 14.6 Å². The van der Waals surface area contributed by atoms with Gasteiger partial charge in [0, 0.05) is 5.56 Å². The number of benzene rings is 3. The van der Waals surface area contributed by atoms with E-state index < -0.39 is 24.6 Å². The van der Waals surface area contributed by atoms with E-state index in [4.69, 9.17) is 24.3 Å². The molecule has 1 aliphatic rings. The number of ether oxygens (including phenoxy) is 3. The van der Waals surface area contributed by atoms with Crippen LogP contribution in [0, 0.1) is 0 Å². The van der Waals surface area contributed by atoms with Crippen molar-refractivity contribution in [3.8, 4) is 11.5 Å². The first-order valence-corrected chi connectivity index (χ1v) is 13.6. The molecule has 0 fully saturated rings. The van der Waals surface area contributed by atoms with Gasteiger partial charge in [-0.05, 0) is 48.4 Å². The summed E-state index contributed by atoms with van der Waals surface area (Å²) in [5, 5.41) is 8.93. The molecule has 208 valence electrons. The van der Waals surface area contributed by atoms with E-state index in [0.29, 0.717) is 43.2 Å². The van der Waals surface area contributed by atoms with Gasteiger partial charge in [0.2, 0.25) is 0 Å². The lowest BCUT2D eigenvalue weighted by Crippen LogP contribution is -2.40. The van der Waals surface area contributed by atoms with Gasteiger partial charge < -0.3 is 19.3 Å². The van der Waals surface area contributed by atoms with Crippen LogP contribution < -0.4 is 24.4 Å². The maximum absolute atomic E-state index is 14.0. The molecule has 1 aliphatic heterocycles. The molecule has 0 saturated carbocycles. The van der Waals surface area contributed by atoms with Crippen LogP contribution in [0.3, 0.4) is 0 Å². The number of carboxylic acids is 1. The number of carbonyl (C=O) groups excluding carboxylic acids is 1. The van der Waals surface area contributed by atoms with Crippen LogP contribution in [0.5, 0.6) is 11.5 Å². The molecule has 0 aliphatic carbocycles. The molecule has 1 atom stereocenters. The Labute approximate surface area is 238 Å². The van der Waals surface area contributed by atoms with Gasteiger partial charge in [-0.2, -0.15) is 0 Å². The maximum atomic E-state index is 14.0. The zero-order chi connectivity index (χ0) is 28.9. The number of carbonyl (C=O) groups is 2. The van der Waals surface area contributed by atoms with Gasteiger partial charge in [0.25, 0.3) is 5.56 Å². The number of hydrogen-bond donors (Lipinski definition) is 1. The molecule has 3 aromatic carbocycles. The fourth-order valence-corrected chi connectivity index (χ4v) is 5.56. The van der Waals surface area contributed by atoms with Gasteiger partial charge in [0.05, 0.1) is 35.6 Å². The second-order valence-corrected chi connectivity index (χ2v) is 9.97. The fraction of sp³-hybridized carbons (Fsp3) is 0.161. The summed E-state index contributed by atoms with van der Waals surface area (Å²) in [7, 11) is 1.55. The van der Waals surface area contributed by atoms with Gasteiger partial charge in [0.1, 0.15) is 11.5 Å². The van der Waals surface area contributed by atoms with E-state index in [0.717, 1.165) is 0 Å². The number of nitrogens with zero attached hydrogens (tertiary/aromatic N) is 2. The average Bonchev–Trinajstić information content (AvgIpc) is 3.30. The minimum atomic E-state index is -1.09. The molecular weight excluding hydrogens is 544 g/mol. The third kappa shape index (κ3) is 5.82. The largest absolute Gasteiger partial charge is 0.497 e. The van der Waals surface area contributed by atoms with E-state index in [1.165, 1.54) is 15.9 Å². The zero-order valence-corrected chi connectivity index (χ0v) is 23.1. The van der Waals surface area contributed by atoms with E-state index in [2.05, 4.69) is 0 Å². The van der Waals surface area contributed by atoms with Crippen LogP contribution in [0.15, 0.2) is 94.2 Å². The monoisotopic (exact) mass is 570 g/mol. The lowest BCUT2D eigenvalue weighted by atomic mass is 9.93. The highest BCUT2D eigenvalue weighted by Crippen LogP contribution is 2.36. The third-order valence-electron chi connectivity index (χ3n) is 6.30. The van der Waals surface area contributed by atoms with Crippen LogP contribution in [-0.4, -0.2) is 41.9 Å². The van der Waals surface area contributed by atoms with Crippen LogP contribution in [0.25, 0.3) is 11.8 Å². The molecular formula is C31H26N2O7S. The number of rotatable bonds is 9. The number of thiazole rings is 1. The predicted octanol–water partition coefficient (Wildman–Crippen LogP) is 3.41. The topological polar surface area (TPSA) is 116 Å². The van der Waals surface area contributed by atoms with E-state index in [1.807, 2.05) is 36.4 Å². The Hall–Kier alpha value is -4.96. The molecule has 1 N–H and O–H groups in total. The summed E-state index contributed by atoms with van der Waals surface area (Å²) in [5.74, 6) is -0.725. The molecule has 0 bridgehead atoms. The van der Waals surface area contributed by atoms with E-state index in [-0.39, 0.29) is 17.7 Å². The first-order valence-electron chi connectivity index (χ1n) is 12.8. The Bertz CT molecular complexity index is 1820. The fourth-order valence-electron chi connectivity index (χ4n) is 4.56. The number of fused-ring (bicyclic) bond motifs is 1. The average molecular weight is 571 g/mol. The van der Waals surface area contributed by atoms with Crippen molar-refractivity contribution in [2.24, 2.45) is 4.99 Å². The summed E-state index contributed by atoms with van der Waals surface area (Å²) in [6.07, 6.45) is 1.69. The molecule has 0 saturated heterocycles. The number of aliphatic carboxylic acids is 1. The number of hydrogen-bond acceptors (Lipinski definition) is 8. The van der Waals surface area contributed by atoms with Gasteiger partial charge in [-0.15, -0.1) is 0 Å². The first kappa shape index (κ1) is 27.6. The molecule has 10 heteroatoms. The quantitative estimate of drug-likeness (QED) is 0.307. The van der Waals surface area contributed by atoms with Crippen LogP contribution >= 0.6 is 11.3 Å². The van der Waals surface area contributed by atoms with Crippen molar-refractivity contribution in [2.75, 3.05) is 20.3 Å². The van der Waals surface area contributed by atoms with Crippen molar-refractivity contribution >= 4 is 35.0 Å². The highest BCUT2D eigenvalue weighted by molar-refractivity contribution is 7.07. The van der Waals surface area contributed by atoms with Crippen molar-refractivity contribution < 1.29 is 28.9 Å². The molecule has 0 unspecified atom stereocenters. The molecule has 2 heterocycles. The van der Waals surface area contributed by atoms with Crippen LogP contribution in [-0.2, 0) is 14.3 Å². The summed E-state index contributed by atoms with van der Waals surface area (Å²) in [5.41, 5.74) is 2.34. The summed E-state index contributed by atoms with van der Waals surface area (Å²) >= 11 is 1.19. The van der Waals surface area contributed by atoms with Crippen molar-refractivity contribution in [3.63, 3.8) is 0 Å². The molecule has 0 radical (unpaired) electrons. The van der Waals surface area contributed by atoms with Gasteiger partial charge in [-0.3, -0.25) is 9.36 Å². The Morgan fingerprint density at radius 1 is 1.02 bits per heavy atom. The van der Waals surface area contributed by atoms with Crippen LogP contribution in [0.2, 0.25) is 0 Å². The zero-order valence-electron chi connectivity index (χ0n) is 22.3. The summed E-state index contributed by atoms with van der Waals surface area (Å²) in [6, 6.07) is 22.5. The SMILES string of the molecule is CCOC(=O)C1=C(c2ccccc2)N=c2sc(=Cc3cccc(OCC(=O)O)c3)c(=O)n2[C@H]1c1cccc(OC)c1. The molecule has 4 aromatic rings. The van der Waals surface area contributed by atoms with Crippen molar-refractivity contribution in [3.05, 3.63) is 121 Å². The van der Waals surface area contributed by atoms with Crippen molar-refractivity contribution in [1.82, 2.24) is 4.57 Å². The van der Waals surface area contributed by atoms with E-state index in [1.54, 1.807) is 62.6 Å². The second kappa shape index (κ2) is 12.1. The van der Waals surface area contributed by atoms with Crippen LogP contribution in [0.1, 0.15) is 29.7 Å². The highest BCUT2D eigenvalue weighted by Gasteiger charge is 2.35. The summed E-state index contributed by atoms with van der Waals surface area (Å²) < 4.78 is 18.1. The molecule has 0 amide bonds. The lowest BCUT2D eigenvalue weighted by Gasteiger charge is -2.26. The Kier molecular flexibility index (Phi) is 8.11. The van der Waals surface area contributed by atoms with Gasteiger partial charge >= 0.3 is 11.9 Å². The Balaban J connectivity index is 1.75. The molecule has 41 heavy (non-hydrogen) atoms. The summed E-state index contributed by atoms with van der Waals surface area (Å²) in [6.45, 7) is 1.40. The third-order valence-corrected chi connectivity index (χ3v) is 7.28. The summed E-state index contributed by atoms with van der Waals surface area (Å²) in [4.78, 5) is 43.7. The minimum absolute atomic E-state index is 0.153. The number of carboxylic acid groups (broad SMARTS) is 1. The van der Waals surface area contributed by atoms with Gasteiger partial charge in [0.15, 0.2) is 11.4 Å². The van der Waals surface area contributed by atoms with Crippen molar-refractivity contribution in [2.45, 2.75) is 13.0 Å². The Morgan fingerprint density at radius 3 is 2.51 bits per heavy atom. The first-order chi connectivity index (χ1) is 19.9. The molecule has 9 nitrogen and oxygen atoms in total. The number of aromatic nitrogens is 1. The smallest absolute Gasteiger partial charge is 0.341 e. The minimum Gasteiger partial charge on any atom is -0.497 e. The second-order valence-electron chi connectivity index (χ2n) is 8.96. The van der Waals surface area contributed by atoms with E-state index >= 15 is 0 Å². The molecule has 5 rings (SSSR count). The normalized spacial score (nSPS) is 14.7. The number of methoxy groups -OCH3 is 1. The highest BCUT2D eigenvalue weighted by atomic mass is 32.1. The van der Waals surface area contributed by atoms with Crippen molar-refractivity contribution in [1.29, 1.82) is 0 Å². The maximum Gasteiger partial charge on any atom is 0.341 e. The lowest BCUT2D eigenvalue weighted by molar-refractivity contribution is -0.140. The number of esters is 1. The standard InChI is InChI=1S/C31H26N2O7S/c1-3-39-30(37)26-27(20-10-5-4-6-11-20)32-31-33(28(26)21-12-8-13-22(17-21)38-2)29(36)24(41-31)16-19-9-7-14-23(15-19)40-18-25(34)35/h4-17,28H,3,18H2,1-2H3,(H,34,35)/t28-/m0/s1. The van der Waals surface area contributed by atoms with Gasteiger partial charge in [-0.1, -0.05) is 65.9 Å². The Morgan fingerprint density at radius 2 is 1.78 bits per heavy atom. The predicted molar refractivity (Wildman–Crippen MR) is 154 cm³/mol. The van der Waals surface area contributed by atoms with Crippen LogP contribution in [0.4, 0.5) is 0 Å².